The number of hydrogen-bond donors (Lipinski definition) is 2. The second-order valence-corrected chi connectivity index (χ2v) is 20.0. The fraction of sp³-hybridized carbons (Fsp3) is 0.263. The number of alkyl halides is 12. The number of esters is 1. The molecule has 0 bridgehead atoms. The van der Waals surface area contributed by atoms with Crippen molar-refractivity contribution in [2.75, 3.05) is 17.7 Å². The van der Waals surface area contributed by atoms with Crippen LogP contribution in [0.4, 0.5) is 81.9 Å². The molecular formula is C57H46Cl4F16N10O4. The second kappa shape index (κ2) is 31.9. The lowest BCUT2D eigenvalue weighted by Gasteiger charge is -2.14. The molecule has 8 aromatic rings. The van der Waals surface area contributed by atoms with Gasteiger partial charge in [0.15, 0.2) is 11.4 Å². The number of hydrogen-bond acceptors (Lipinski definition) is 10. The number of benzene rings is 5. The van der Waals surface area contributed by atoms with Gasteiger partial charge in [0.25, 0.3) is 5.78 Å². The average Bonchev–Trinajstić information content (AvgIpc) is 1.66. The third kappa shape index (κ3) is 20.5. The summed E-state index contributed by atoms with van der Waals surface area (Å²) in [5.41, 5.74) is 2.43. The van der Waals surface area contributed by atoms with E-state index in [2.05, 4.69) is 25.2 Å². The Hall–Kier alpha value is -8.58. The Morgan fingerprint density at radius 1 is 0.659 bits per heavy atom. The molecule has 14 nitrogen and oxygen atoms in total. The number of ether oxygens (including phenoxy) is 1. The van der Waals surface area contributed by atoms with Crippen LogP contribution in [-0.4, -0.2) is 65.7 Å². The summed E-state index contributed by atoms with van der Waals surface area (Å²) in [5.74, 6) is -10.6. The highest BCUT2D eigenvalue weighted by Gasteiger charge is 2.45. The average molecular weight is 1380 g/mol. The minimum atomic E-state index is -5.19. The van der Waals surface area contributed by atoms with Crippen LogP contribution < -0.4 is 11.1 Å². The third-order valence-electron chi connectivity index (χ3n) is 11.6. The van der Waals surface area contributed by atoms with E-state index < -0.39 is 99.6 Å². The van der Waals surface area contributed by atoms with Gasteiger partial charge in [-0.2, -0.15) is 73.4 Å². The molecule has 1 unspecified atom stereocenters. The third-order valence-corrected chi connectivity index (χ3v) is 12.5. The Bertz CT molecular complexity index is 3980. The summed E-state index contributed by atoms with van der Waals surface area (Å²) in [6.07, 6.45) is -19.6. The lowest BCUT2D eigenvalue weighted by Crippen LogP contribution is -2.28. The van der Waals surface area contributed by atoms with E-state index in [1.54, 1.807) is 16.7 Å². The van der Waals surface area contributed by atoms with Gasteiger partial charge in [-0.15, -0.1) is 0 Å². The molecule has 3 aromatic heterocycles. The SMILES string of the molecule is C.CC(C)c1nc2ccccc2n1CC(=O)Nc1c(-c2ccc(Cl)cc2F)c(C(F)(F)F)nn1C.CCOC(=O)C(F)(F)F.Cn1nc(C(F)(F)F)c(-c2ccc(Cl)cc2F)c1N.N#CC(C(=O)C(F)(F)F)c1ccc(Cl)cc1F.N#CCc1ccc(Cl)cc1F. The number of halogens is 20. The van der Waals surface area contributed by atoms with Crippen LogP contribution in [0.2, 0.25) is 20.1 Å². The number of amides is 1. The van der Waals surface area contributed by atoms with Gasteiger partial charge in [-0.3, -0.25) is 19.0 Å². The molecule has 0 aliphatic heterocycles. The van der Waals surface area contributed by atoms with Gasteiger partial charge in [-0.1, -0.05) is 91.9 Å². The van der Waals surface area contributed by atoms with Crippen LogP contribution in [0.25, 0.3) is 33.3 Å². The highest BCUT2D eigenvalue weighted by Crippen LogP contribution is 2.43. The molecule has 0 fully saturated rings. The van der Waals surface area contributed by atoms with Gasteiger partial charge in [0.1, 0.15) is 53.2 Å². The first kappa shape index (κ1) is 76.7. The molecular weight excluding hydrogens is 1330 g/mol. The Kier molecular flexibility index (Phi) is 26.9. The first-order chi connectivity index (χ1) is 41.7. The number of nitrogens with two attached hydrogens (primary N) is 1. The standard InChI is InChI=1S/C23H20ClF4N5O.C11H8ClF4N3.C10H4ClF4NO.C8H5ClFN.C4H5F3O2.CH4/c1-12(2)21-29-16-6-4-5-7-17(16)33(21)11-18(34)30-22-19(14-9-8-13(24)10-15(14)25)20(23(26,27)28)31-32(22)3;1-19-10(17)8(9(18-19)11(14,15)16)6-3-2-5(12)4-7(6)13;11-5-1-2-6(8(12)3-5)7(4-16)9(17)10(13,14)15;9-7-2-1-6(3-4-11)8(10)5-7;1-2-9-3(8)4(5,6)7;/h4-10,12H,11H2,1-3H3,(H,30,34);2-4H,17H2,1H3;1-3,7H;1-2,5H,3H2;2H2,1H3;1H4. The van der Waals surface area contributed by atoms with Gasteiger partial charge in [0, 0.05) is 62.4 Å². The van der Waals surface area contributed by atoms with Crippen molar-refractivity contribution in [3.05, 3.63) is 169 Å². The number of imidazole rings is 1. The van der Waals surface area contributed by atoms with Crippen LogP contribution in [0.1, 0.15) is 68.4 Å². The summed E-state index contributed by atoms with van der Waals surface area (Å²) >= 11 is 22.2. The molecule has 3 N–H and O–H groups in total. The fourth-order valence-corrected chi connectivity index (χ4v) is 8.29. The van der Waals surface area contributed by atoms with E-state index in [-0.39, 0.29) is 70.7 Å². The van der Waals surface area contributed by atoms with E-state index in [9.17, 15) is 84.6 Å². The summed E-state index contributed by atoms with van der Waals surface area (Å²) in [4.78, 5) is 38.2. The summed E-state index contributed by atoms with van der Waals surface area (Å²) < 4.78 is 211. The number of nitrogens with one attached hydrogen (secondary N) is 1. The van der Waals surface area contributed by atoms with Crippen LogP contribution in [0.5, 0.6) is 0 Å². The molecule has 0 radical (unpaired) electrons. The fourth-order valence-electron chi connectivity index (χ4n) is 7.65. The lowest BCUT2D eigenvalue weighted by atomic mass is 9.95. The monoisotopic (exact) mass is 1380 g/mol. The summed E-state index contributed by atoms with van der Waals surface area (Å²) in [5, 5.41) is 26.5. The molecule has 3 heterocycles. The molecule has 0 aliphatic rings. The van der Waals surface area contributed by atoms with E-state index in [1.807, 2.05) is 38.1 Å². The van der Waals surface area contributed by atoms with Gasteiger partial charge in [0.05, 0.1) is 47.3 Å². The number of fused-ring (bicyclic) bond motifs is 1. The molecule has 0 saturated carbocycles. The topological polar surface area (TPSA) is 200 Å². The smallest absolute Gasteiger partial charge is 0.459 e. The number of anilines is 2. The van der Waals surface area contributed by atoms with Gasteiger partial charge in [0.2, 0.25) is 5.91 Å². The predicted molar refractivity (Wildman–Crippen MR) is 305 cm³/mol. The van der Waals surface area contributed by atoms with Crippen LogP contribution in [0.15, 0.2) is 97.1 Å². The van der Waals surface area contributed by atoms with Gasteiger partial charge < -0.3 is 20.4 Å². The molecule has 0 saturated heterocycles. The summed E-state index contributed by atoms with van der Waals surface area (Å²) in [6, 6.07) is 23.9. The molecule has 34 heteroatoms. The maximum absolute atomic E-state index is 14.6. The maximum Gasteiger partial charge on any atom is 0.490 e. The number of nitrogen functional groups attached to an aromatic ring is 1. The number of aryl methyl sites for hydroxylation is 2. The van der Waals surface area contributed by atoms with Crippen LogP contribution in [0, 0.1) is 45.9 Å². The number of nitriles is 2. The Morgan fingerprint density at radius 3 is 1.57 bits per heavy atom. The van der Waals surface area contributed by atoms with Gasteiger partial charge in [-0.25, -0.2) is 27.3 Å². The van der Waals surface area contributed by atoms with Crippen molar-refractivity contribution >= 4 is 86.7 Å². The Labute approximate surface area is 526 Å². The van der Waals surface area contributed by atoms with E-state index in [4.69, 9.17) is 62.7 Å². The Balaban J connectivity index is 0.000000324. The second-order valence-electron chi connectivity index (χ2n) is 18.3. The molecule has 5 aromatic carbocycles. The predicted octanol–water partition coefficient (Wildman–Crippen LogP) is 17.0. The largest absolute Gasteiger partial charge is 0.490 e. The van der Waals surface area contributed by atoms with Crippen molar-refractivity contribution in [3.63, 3.8) is 0 Å². The molecule has 1 atom stereocenters. The normalized spacial score (nSPS) is 11.6. The minimum Gasteiger partial charge on any atom is -0.459 e. The first-order valence-corrected chi connectivity index (χ1v) is 26.4. The number of carbonyl (C=O) groups excluding carboxylic acids is 3. The van der Waals surface area contributed by atoms with Crippen LogP contribution >= 0.6 is 46.4 Å². The summed E-state index contributed by atoms with van der Waals surface area (Å²) in [6.45, 7) is 4.70. The number of rotatable bonds is 10. The number of carbonyl (C=O) groups is 3. The number of Topliss-reactive ketones (excluding diaryl/α,β-unsaturated/α-hetero) is 1. The highest BCUT2D eigenvalue weighted by molar-refractivity contribution is 6.31. The number of ketones is 1. The van der Waals surface area contributed by atoms with Crippen molar-refractivity contribution in [2.45, 2.75) is 77.7 Å². The number of nitrogens with zero attached hydrogens (tertiary/aromatic N) is 8. The van der Waals surface area contributed by atoms with Crippen molar-refractivity contribution in [2.24, 2.45) is 14.1 Å². The highest BCUT2D eigenvalue weighted by atomic mass is 35.5. The van der Waals surface area contributed by atoms with Crippen LogP contribution in [0.3, 0.4) is 0 Å². The number of aromatic nitrogens is 6. The van der Waals surface area contributed by atoms with Crippen molar-refractivity contribution in [1.29, 1.82) is 10.5 Å². The zero-order valence-electron chi connectivity index (χ0n) is 46.4. The van der Waals surface area contributed by atoms with Crippen molar-refractivity contribution in [3.8, 4) is 34.4 Å². The number of para-hydroxylation sites is 2. The Morgan fingerprint density at radius 2 is 1.13 bits per heavy atom. The zero-order valence-corrected chi connectivity index (χ0v) is 49.4. The molecule has 0 aliphatic carbocycles. The van der Waals surface area contributed by atoms with Crippen molar-refractivity contribution in [1.82, 2.24) is 29.1 Å². The molecule has 8 rings (SSSR count). The first-order valence-electron chi connectivity index (χ1n) is 24.9. The maximum atomic E-state index is 14.6. The van der Waals surface area contributed by atoms with Crippen LogP contribution in [-0.2, 0) is 58.5 Å². The van der Waals surface area contributed by atoms with E-state index in [0.29, 0.717) is 27.4 Å². The molecule has 0 spiro atoms. The molecule has 91 heavy (non-hydrogen) atoms. The zero-order chi connectivity index (χ0) is 68.1. The van der Waals surface area contributed by atoms with Gasteiger partial charge >= 0.3 is 30.7 Å². The minimum absolute atomic E-state index is 0. The van der Waals surface area contributed by atoms with E-state index >= 15 is 0 Å². The van der Waals surface area contributed by atoms with Crippen molar-refractivity contribution < 1.29 is 89.4 Å². The molecule has 1 amide bonds. The van der Waals surface area contributed by atoms with E-state index in [0.717, 1.165) is 57.9 Å². The molecule has 488 valence electrons. The summed E-state index contributed by atoms with van der Waals surface area (Å²) in [7, 11) is 2.50. The van der Waals surface area contributed by atoms with Gasteiger partial charge in [-0.05, 0) is 79.7 Å². The lowest BCUT2D eigenvalue weighted by molar-refractivity contribution is -0.199. The quantitative estimate of drug-likeness (QED) is 0.0981. The van der Waals surface area contributed by atoms with E-state index in [1.165, 1.54) is 45.3 Å².